The van der Waals surface area contributed by atoms with Crippen LogP contribution >= 0.6 is 0 Å². The summed E-state index contributed by atoms with van der Waals surface area (Å²) in [6, 6.07) is 0.507. The predicted molar refractivity (Wildman–Crippen MR) is 49.5 cm³/mol. The van der Waals surface area contributed by atoms with Gasteiger partial charge in [-0.1, -0.05) is 39.0 Å². The molecule has 1 heteroatoms. The molecule has 1 nitrogen and oxygen atoms in total. The first-order chi connectivity index (χ1) is 5.33. The molecule has 0 unspecified atom stereocenters. The summed E-state index contributed by atoms with van der Waals surface area (Å²) >= 11 is 0. The van der Waals surface area contributed by atoms with Crippen molar-refractivity contribution in [2.75, 3.05) is 0 Å². The van der Waals surface area contributed by atoms with Gasteiger partial charge >= 0.3 is 0 Å². The van der Waals surface area contributed by atoms with Crippen molar-refractivity contribution in [3.8, 4) is 0 Å². The van der Waals surface area contributed by atoms with Crippen molar-refractivity contribution in [2.24, 2.45) is 11.7 Å². The zero-order valence-corrected chi connectivity index (χ0v) is 7.68. The maximum Gasteiger partial charge on any atom is 0.00388 e. The van der Waals surface area contributed by atoms with Crippen LogP contribution in [0.4, 0.5) is 0 Å². The Bertz CT molecular complexity index is 91.0. The quantitative estimate of drug-likeness (QED) is 0.619. The van der Waals surface area contributed by atoms with E-state index in [1.807, 2.05) is 0 Å². The van der Waals surface area contributed by atoms with E-state index in [2.05, 4.69) is 6.92 Å². The Kier molecular flexibility index (Phi) is 3.92. The van der Waals surface area contributed by atoms with Crippen LogP contribution in [0.5, 0.6) is 0 Å². The molecule has 11 heavy (non-hydrogen) atoms. The third kappa shape index (κ3) is 3.24. The second kappa shape index (κ2) is 4.76. The van der Waals surface area contributed by atoms with E-state index in [-0.39, 0.29) is 0 Å². The van der Waals surface area contributed by atoms with Gasteiger partial charge in [-0.2, -0.15) is 0 Å². The van der Waals surface area contributed by atoms with Crippen molar-refractivity contribution >= 4 is 0 Å². The van der Waals surface area contributed by atoms with Crippen LogP contribution in [0.2, 0.25) is 0 Å². The zero-order chi connectivity index (χ0) is 8.10. The van der Waals surface area contributed by atoms with E-state index < -0.39 is 0 Å². The molecule has 0 aromatic rings. The van der Waals surface area contributed by atoms with Crippen LogP contribution in [0.3, 0.4) is 0 Å². The van der Waals surface area contributed by atoms with Crippen LogP contribution in [-0.4, -0.2) is 6.04 Å². The molecule has 1 fully saturated rings. The molecule has 66 valence electrons. The first-order valence-electron chi connectivity index (χ1n) is 5.08. The standard InChI is InChI=1S/C10H21N/c1-2-9-5-3-7-10(11)8-4-6-9/h9-10H,2-8,11H2,1H3/t9-,10-. The molecule has 0 aromatic heterocycles. The Morgan fingerprint density at radius 2 is 1.64 bits per heavy atom. The van der Waals surface area contributed by atoms with Crippen molar-refractivity contribution in [1.82, 2.24) is 0 Å². The smallest absolute Gasteiger partial charge is 0.00388 e. The minimum atomic E-state index is 0.507. The van der Waals surface area contributed by atoms with Crippen molar-refractivity contribution in [3.63, 3.8) is 0 Å². The molecule has 1 aliphatic carbocycles. The Labute approximate surface area is 70.4 Å². The van der Waals surface area contributed by atoms with Crippen molar-refractivity contribution in [1.29, 1.82) is 0 Å². The Morgan fingerprint density at radius 1 is 1.09 bits per heavy atom. The average Bonchev–Trinajstić information content (AvgIpc) is 1.96. The molecule has 0 bridgehead atoms. The van der Waals surface area contributed by atoms with Gasteiger partial charge in [-0.15, -0.1) is 0 Å². The third-order valence-electron chi connectivity index (χ3n) is 2.95. The summed E-state index contributed by atoms with van der Waals surface area (Å²) in [7, 11) is 0. The summed E-state index contributed by atoms with van der Waals surface area (Å²) in [5.41, 5.74) is 5.89. The first kappa shape index (κ1) is 9.05. The van der Waals surface area contributed by atoms with E-state index in [4.69, 9.17) is 5.73 Å². The highest BCUT2D eigenvalue weighted by Crippen LogP contribution is 2.23. The van der Waals surface area contributed by atoms with E-state index in [9.17, 15) is 0 Å². The molecule has 1 rings (SSSR count). The lowest BCUT2D eigenvalue weighted by atomic mass is 9.88. The minimum absolute atomic E-state index is 0.507. The number of hydrogen-bond acceptors (Lipinski definition) is 1. The highest BCUT2D eigenvalue weighted by Gasteiger charge is 2.12. The SMILES string of the molecule is CC[C@H]1CCC[C@H](N)CCC1. The maximum absolute atomic E-state index is 5.89. The summed E-state index contributed by atoms with van der Waals surface area (Å²) in [6.45, 7) is 2.31. The normalized spacial score (nSPS) is 34.4. The van der Waals surface area contributed by atoms with E-state index in [0.29, 0.717) is 6.04 Å². The molecule has 0 radical (unpaired) electrons. The first-order valence-corrected chi connectivity index (χ1v) is 5.08. The van der Waals surface area contributed by atoms with E-state index in [0.717, 1.165) is 5.92 Å². The molecular formula is C10H21N. The molecule has 1 aliphatic rings. The predicted octanol–water partition coefficient (Wildman–Crippen LogP) is 2.69. The number of rotatable bonds is 1. The van der Waals surface area contributed by atoms with Gasteiger partial charge in [0.2, 0.25) is 0 Å². The largest absolute Gasteiger partial charge is 0.328 e. The maximum atomic E-state index is 5.89. The van der Waals surface area contributed by atoms with E-state index in [1.54, 1.807) is 0 Å². The molecular weight excluding hydrogens is 134 g/mol. The van der Waals surface area contributed by atoms with Crippen molar-refractivity contribution < 1.29 is 0 Å². The lowest BCUT2D eigenvalue weighted by Gasteiger charge is -2.21. The fourth-order valence-electron chi connectivity index (χ4n) is 2.03. The highest BCUT2D eigenvalue weighted by molar-refractivity contribution is 4.69. The van der Waals surface area contributed by atoms with E-state index >= 15 is 0 Å². The van der Waals surface area contributed by atoms with Crippen LogP contribution in [0.25, 0.3) is 0 Å². The topological polar surface area (TPSA) is 26.0 Å². The summed E-state index contributed by atoms with van der Waals surface area (Å²) in [5.74, 6) is 1.00. The molecule has 0 atom stereocenters. The van der Waals surface area contributed by atoms with Crippen molar-refractivity contribution in [2.45, 2.75) is 57.9 Å². The molecule has 2 N–H and O–H groups in total. The summed E-state index contributed by atoms with van der Waals surface area (Å²) in [6.07, 6.45) is 9.45. The van der Waals surface area contributed by atoms with Gasteiger partial charge in [0.15, 0.2) is 0 Å². The lowest BCUT2D eigenvalue weighted by Crippen LogP contribution is -2.22. The molecule has 0 spiro atoms. The van der Waals surface area contributed by atoms with Gasteiger partial charge in [0, 0.05) is 6.04 Å². The van der Waals surface area contributed by atoms with E-state index in [1.165, 1.54) is 44.9 Å². The van der Waals surface area contributed by atoms with Gasteiger partial charge in [0.1, 0.15) is 0 Å². The summed E-state index contributed by atoms with van der Waals surface area (Å²) in [5, 5.41) is 0. The van der Waals surface area contributed by atoms with Gasteiger partial charge in [-0.25, -0.2) is 0 Å². The Morgan fingerprint density at radius 3 is 2.09 bits per heavy atom. The third-order valence-corrected chi connectivity index (χ3v) is 2.95. The minimum Gasteiger partial charge on any atom is -0.328 e. The molecule has 0 saturated heterocycles. The number of hydrogen-bond donors (Lipinski definition) is 1. The van der Waals surface area contributed by atoms with Crippen LogP contribution < -0.4 is 5.73 Å². The fraction of sp³-hybridized carbons (Fsp3) is 1.00. The molecule has 0 aromatic carbocycles. The van der Waals surface area contributed by atoms with Crippen LogP contribution in [0, 0.1) is 5.92 Å². The zero-order valence-electron chi connectivity index (χ0n) is 7.68. The van der Waals surface area contributed by atoms with Crippen molar-refractivity contribution in [3.05, 3.63) is 0 Å². The molecule has 0 aliphatic heterocycles. The van der Waals surface area contributed by atoms with Crippen LogP contribution in [0.15, 0.2) is 0 Å². The second-order valence-electron chi connectivity index (χ2n) is 3.90. The summed E-state index contributed by atoms with van der Waals surface area (Å²) < 4.78 is 0. The Hall–Kier alpha value is -0.0400. The highest BCUT2D eigenvalue weighted by atomic mass is 14.6. The van der Waals surface area contributed by atoms with Gasteiger partial charge in [-0.05, 0) is 18.8 Å². The fourth-order valence-corrected chi connectivity index (χ4v) is 2.03. The molecule has 0 amide bonds. The van der Waals surface area contributed by atoms with Gasteiger partial charge in [0.05, 0.1) is 0 Å². The molecule has 0 heterocycles. The van der Waals surface area contributed by atoms with Gasteiger partial charge in [0.25, 0.3) is 0 Å². The van der Waals surface area contributed by atoms with Crippen LogP contribution in [-0.2, 0) is 0 Å². The van der Waals surface area contributed by atoms with Crippen LogP contribution in [0.1, 0.15) is 51.9 Å². The second-order valence-corrected chi connectivity index (χ2v) is 3.90. The Balaban J connectivity index is 2.22. The lowest BCUT2D eigenvalue weighted by molar-refractivity contribution is 0.350. The monoisotopic (exact) mass is 155 g/mol. The summed E-state index contributed by atoms with van der Waals surface area (Å²) in [4.78, 5) is 0. The van der Waals surface area contributed by atoms with Gasteiger partial charge < -0.3 is 5.73 Å². The average molecular weight is 155 g/mol. The van der Waals surface area contributed by atoms with Gasteiger partial charge in [-0.3, -0.25) is 0 Å². The number of nitrogens with two attached hydrogens (primary N) is 1. The molecule has 1 saturated carbocycles.